The number of cyclic esters (lactones) is 1. The number of pyridine rings is 1. The van der Waals surface area contributed by atoms with E-state index in [4.69, 9.17) is 39.9 Å². The minimum Gasteiger partial charge on any atom is -0.457 e. The summed E-state index contributed by atoms with van der Waals surface area (Å²) in [7, 11) is 4.00. The maximum Gasteiger partial charge on any atom is 0.351 e. The van der Waals surface area contributed by atoms with E-state index in [-0.39, 0.29) is 43.4 Å². The summed E-state index contributed by atoms with van der Waals surface area (Å²) in [6, 6.07) is 5.50. The van der Waals surface area contributed by atoms with Gasteiger partial charge in [-0.1, -0.05) is 52.8 Å². The molecular formula is C46H69FN6O8S. The molecule has 3 N–H and O–H groups in total. The molecule has 5 rings (SSSR count). The van der Waals surface area contributed by atoms with Crippen molar-refractivity contribution in [1.29, 1.82) is 0 Å². The lowest BCUT2D eigenvalue weighted by atomic mass is 9.65. The van der Waals surface area contributed by atoms with Gasteiger partial charge in [0.2, 0.25) is 5.91 Å². The molecule has 3 fully saturated rings. The number of aliphatic hydroxyl groups is 1. The molecule has 2 aliphatic heterocycles. The number of ketones is 1. The van der Waals surface area contributed by atoms with Gasteiger partial charge in [-0.05, 0) is 109 Å². The third-order valence-corrected chi connectivity index (χ3v) is 14.4. The first kappa shape index (κ1) is 49.3. The van der Waals surface area contributed by atoms with Gasteiger partial charge in [0.1, 0.15) is 28.2 Å². The number of aromatic nitrogens is 2. The van der Waals surface area contributed by atoms with Crippen LogP contribution < -0.4 is 5.73 Å². The number of hydrogen-bond donors (Lipinski definition) is 2. The molecule has 4 heterocycles. The highest BCUT2D eigenvalue weighted by molar-refractivity contribution is 7.13. The van der Waals surface area contributed by atoms with Crippen LogP contribution in [0, 0.1) is 29.1 Å². The molecule has 1 aliphatic carbocycles. The molecule has 0 radical (unpaired) electrons. The molecule has 344 valence electrons. The number of Topliss-reactive ketones (excluding diaryl/α,β-unsaturated/α-hetero) is 1. The number of oxime groups is 1. The highest BCUT2D eigenvalue weighted by atomic mass is 32.1. The van der Waals surface area contributed by atoms with Gasteiger partial charge in [-0.2, -0.15) is 0 Å². The molecule has 1 saturated carbocycles. The van der Waals surface area contributed by atoms with Crippen molar-refractivity contribution in [2.75, 3.05) is 19.8 Å². The van der Waals surface area contributed by atoms with E-state index in [0.717, 1.165) is 13.3 Å². The van der Waals surface area contributed by atoms with Gasteiger partial charge in [0.15, 0.2) is 18.7 Å². The standard InChI is InChI=1S/C46H69FN6O8S/c1-12-35-46(9,57)33-18-17-30(52-58-24-31-25-62-42(49-31)34-15-14-16-36(48)50-34)19-20-44(7,23-26(3)39(28(33)5)51-37(54)13-2)41(29(6)40(55)45(8,47)43(56)60-35)61-38-22-32(53(10)11)21-27(4)59-38/h14-16,25-29,32-33,35,38,41,57H,12-13,17-24H2,1-11H3,(H2,48,50)/b51-39?,52-30+/t26-,27-,28-,29+,32+,33-,35-,38+,41-,44-,45+,46+/m1/s1. The first-order valence-electron chi connectivity index (χ1n) is 22.2. The summed E-state index contributed by atoms with van der Waals surface area (Å²) in [5.74, 6) is -4.97. The normalized spacial score (nSPS) is 36.8. The van der Waals surface area contributed by atoms with E-state index in [0.29, 0.717) is 72.2 Å². The highest BCUT2D eigenvalue weighted by Gasteiger charge is 2.55. The molecule has 2 saturated heterocycles. The number of rotatable bonds is 9. The Hall–Kier alpha value is -3.70. The molecular weight excluding hydrogens is 816 g/mol. The summed E-state index contributed by atoms with van der Waals surface area (Å²) in [4.78, 5) is 63.7. The lowest BCUT2D eigenvalue weighted by molar-refractivity contribution is -0.249. The van der Waals surface area contributed by atoms with Crippen molar-refractivity contribution >= 4 is 46.2 Å². The Morgan fingerprint density at radius 2 is 1.81 bits per heavy atom. The van der Waals surface area contributed by atoms with E-state index in [1.165, 1.54) is 11.3 Å². The quantitative estimate of drug-likeness (QED) is 0.142. The predicted octanol–water partition coefficient (Wildman–Crippen LogP) is 7.76. The SMILES string of the molecule is CCC(=O)N=C1[C@H](C)C[C@@]2(C)CC/C(=N/OCc3csc(-c4cccc(N)n4)n3)CC[C@H]([C@H]1C)[C@](C)(O)[C@@H](CC)OC(=O)[C@@](C)(F)C(=O)[C@H](C)[C@H]2O[C@H]1C[C@@H](N(C)C)C[C@@H](C)O1. The Morgan fingerprint density at radius 1 is 1.08 bits per heavy atom. The van der Waals surface area contributed by atoms with Crippen molar-refractivity contribution in [2.45, 2.75) is 169 Å². The van der Waals surface area contributed by atoms with Gasteiger partial charge in [0.25, 0.3) is 5.67 Å². The Kier molecular flexibility index (Phi) is 16.2. The van der Waals surface area contributed by atoms with Crippen molar-refractivity contribution in [3.8, 4) is 10.7 Å². The third kappa shape index (κ3) is 11.3. The Balaban J connectivity index is 1.65. The number of nitrogens with zero attached hydrogens (tertiary/aromatic N) is 5. The number of nitrogens with two attached hydrogens (primary N) is 1. The van der Waals surface area contributed by atoms with Crippen LogP contribution in [0.3, 0.4) is 0 Å². The topological polar surface area (TPSA) is 188 Å². The summed E-state index contributed by atoms with van der Waals surface area (Å²) in [5, 5.41) is 19.9. The average molecular weight is 885 g/mol. The van der Waals surface area contributed by atoms with Crippen LogP contribution in [0.4, 0.5) is 10.2 Å². The number of halogens is 1. The average Bonchev–Trinajstić information content (AvgIpc) is 3.69. The fraction of sp³-hybridized carbons (Fsp3) is 0.717. The lowest BCUT2D eigenvalue weighted by Crippen LogP contribution is -2.57. The fourth-order valence-corrected chi connectivity index (χ4v) is 10.7. The zero-order chi connectivity index (χ0) is 45.7. The number of carbonyl (C=O) groups is 3. The van der Waals surface area contributed by atoms with E-state index < -0.39 is 64.7 Å². The van der Waals surface area contributed by atoms with Crippen molar-refractivity contribution in [2.24, 2.45) is 39.2 Å². The summed E-state index contributed by atoms with van der Waals surface area (Å²) < 4.78 is 36.3. The minimum absolute atomic E-state index is 0.0779. The zero-order valence-electron chi connectivity index (χ0n) is 38.5. The molecule has 12 atom stereocenters. The summed E-state index contributed by atoms with van der Waals surface area (Å²) >= 11 is 1.42. The van der Waals surface area contributed by atoms with Crippen LogP contribution in [-0.2, 0) is 40.0 Å². The minimum atomic E-state index is -3.06. The summed E-state index contributed by atoms with van der Waals surface area (Å²) in [6.07, 6.45) is 0.344. The first-order chi connectivity index (χ1) is 29.1. The molecule has 2 bridgehead atoms. The number of thiazole rings is 1. The second-order valence-electron chi connectivity index (χ2n) is 18.7. The van der Waals surface area contributed by atoms with Crippen LogP contribution >= 0.6 is 11.3 Å². The summed E-state index contributed by atoms with van der Waals surface area (Å²) in [6.45, 7) is 15.6. The second-order valence-corrected chi connectivity index (χ2v) is 19.6. The Morgan fingerprint density at radius 3 is 2.47 bits per heavy atom. The molecule has 62 heavy (non-hydrogen) atoms. The number of carbonyl (C=O) groups excluding carboxylic acids is 3. The smallest absolute Gasteiger partial charge is 0.351 e. The number of hydrogen-bond acceptors (Lipinski definition) is 14. The number of anilines is 1. The number of alkyl halides is 1. The number of amides is 1. The predicted molar refractivity (Wildman–Crippen MR) is 238 cm³/mol. The molecule has 2 aromatic heterocycles. The third-order valence-electron chi connectivity index (χ3n) is 13.5. The monoisotopic (exact) mass is 884 g/mol. The maximum atomic E-state index is 17.0. The number of nitrogen functional groups attached to an aromatic ring is 1. The Labute approximate surface area is 370 Å². The number of ether oxygens (including phenoxy) is 3. The molecule has 0 aromatic carbocycles. The van der Waals surface area contributed by atoms with E-state index >= 15 is 4.39 Å². The maximum absolute atomic E-state index is 17.0. The van der Waals surface area contributed by atoms with Crippen LogP contribution in [0.15, 0.2) is 33.7 Å². The molecule has 14 nitrogen and oxygen atoms in total. The molecule has 0 spiro atoms. The van der Waals surface area contributed by atoms with Crippen molar-refractivity contribution in [3.05, 3.63) is 29.3 Å². The zero-order valence-corrected chi connectivity index (χ0v) is 39.3. The molecule has 16 heteroatoms. The molecule has 2 aromatic rings. The molecule has 1 amide bonds. The van der Waals surface area contributed by atoms with Crippen molar-refractivity contribution < 1.29 is 42.9 Å². The fourth-order valence-electron chi connectivity index (χ4n) is 9.91. The number of esters is 1. The van der Waals surface area contributed by atoms with Crippen LogP contribution in [0.2, 0.25) is 0 Å². The van der Waals surface area contributed by atoms with Crippen LogP contribution in [0.1, 0.15) is 126 Å². The van der Waals surface area contributed by atoms with E-state index in [1.54, 1.807) is 33.8 Å². The van der Waals surface area contributed by atoms with Crippen LogP contribution in [0.25, 0.3) is 10.7 Å². The highest BCUT2D eigenvalue weighted by Crippen LogP contribution is 2.47. The largest absolute Gasteiger partial charge is 0.457 e. The van der Waals surface area contributed by atoms with Gasteiger partial charge in [0, 0.05) is 41.8 Å². The van der Waals surface area contributed by atoms with Crippen molar-refractivity contribution in [1.82, 2.24) is 14.9 Å². The van der Waals surface area contributed by atoms with Crippen LogP contribution in [-0.4, -0.2) is 105 Å². The van der Waals surface area contributed by atoms with E-state index in [1.807, 2.05) is 59.3 Å². The van der Waals surface area contributed by atoms with Gasteiger partial charge >= 0.3 is 5.97 Å². The first-order valence-corrected chi connectivity index (χ1v) is 23.1. The van der Waals surface area contributed by atoms with E-state index in [9.17, 15) is 19.5 Å². The lowest BCUT2D eigenvalue weighted by Gasteiger charge is -2.47. The molecule has 3 aliphatic rings. The van der Waals surface area contributed by atoms with Gasteiger partial charge in [-0.25, -0.2) is 24.1 Å². The Bertz CT molecular complexity index is 1950. The summed E-state index contributed by atoms with van der Waals surface area (Å²) in [5.41, 5.74) is 2.78. The van der Waals surface area contributed by atoms with Gasteiger partial charge in [-0.3, -0.25) is 9.59 Å². The van der Waals surface area contributed by atoms with Gasteiger partial charge in [-0.15, -0.1) is 11.3 Å². The van der Waals surface area contributed by atoms with Gasteiger partial charge < -0.3 is 34.8 Å². The van der Waals surface area contributed by atoms with Crippen LogP contribution in [0.5, 0.6) is 0 Å². The molecule has 0 unspecified atom stereocenters. The van der Waals surface area contributed by atoms with Crippen molar-refractivity contribution in [3.63, 3.8) is 0 Å². The second kappa shape index (κ2) is 20.4. The van der Waals surface area contributed by atoms with Gasteiger partial charge in [0.05, 0.1) is 23.6 Å². The van der Waals surface area contributed by atoms with E-state index in [2.05, 4.69) is 9.88 Å². The number of aliphatic imine (C=N–C) groups is 1. The number of fused-ring (bicyclic) bond motifs is 5.